The quantitative estimate of drug-likeness (QED) is 0.338. The molecule has 4 N–H and O–H groups in total. The van der Waals surface area contributed by atoms with Crippen LogP contribution in [0.25, 0.3) is 10.2 Å². The highest BCUT2D eigenvalue weighted by molar-refractivity contribution is 7.22. The first-order valence-electron chi connectivity index (χ1n) is 6.45. The molecular weight excluding hydrogens is 302 g/mol. The summed E-state index contributed by atoms with van der Waals surface area (Å²) in [4.78, 5) is 4.41. The molecule has 3 aromatic rings. The van der Waals surface area contributed by atoms with Crippen molar-refractivity contribution in [3.8, 4) is 17.2 Å². The molecule has 0 amide bonds. The Morgan fingerprint density at radius 1 is 1.18 bits per heavy atom. The zero-order valence-electron chi connectivity index (χ0n) is 11.6. The molecular formula is C15H13N3O3S. The van der Waals surface area contributed by atoms with Crippen LogP contribution in [0.15, 0.2) is 35.4 Å². The zero-order valence-corrected chi connectivity index (χ0v) is 12.4. The first-order valence-corrected chi connectivity index (χ1v) is 7.26. The number of fused-ring (bicyclic) bond motifs is 1. The number of nitrogens with zero attached hydrogens (tertiary/aromatic N) is 2. The van der Waals surface area contributed by atoms with Gasteiger partial charge in [-0.3, -0.25) is 5.43 Å². The molecule has 0 fully saturated rings. The number of rotatable bonds is 3. The standard InChI is InChI=1S/C15H13N3O3S/c1-8-3-2-4-10-14(8)22-15(17-10)18-16-7-9-5-11(19)13(21)12(20)6-9/h2-7,19-21H,1H3,(H,17,18)/b16-7-. The molecule has 0 bridgehead atoms. The van der Waals surface area contributed by atoms with Gasteiger partial charge in [0.25, 0.3) is 0 Å². The molecule has 2 aromatic carbocycles. The minimum absolute atomic E-state index is 0.405. The van der Waals surface area contributed by atoms with Crippen molar-refractivity contribution in [1.29, 1.82) is 0 Å². The van der Waals surface area contributed by atoms with Crippen LogP contribution in [-0.2, 0) is 0 Å². The first-order chi connectivity index (χ1) is 10.5. The lowest BCUT2D eigenvalue weighted by molar-refractivity contribution is 0.368. The minimum atomic E-state index is -0.549. The largest absolute Gasteiger partial charge is 0.504 e. The summed E-state index contributed by atoms with van der Waals surface area (Å²) in [5.74, 6) is -1.36. The maximum absolute atomic E-state index is 9.42. The average molecular weight is 315 g/mol. The number of anilines is 1. The Bertz CT molecular complexity index is 851. The van der Waals surface area contributed by atoms with Crippen LogP contribution in [0.5, 0.6) is 17.2 Å². The highest BCUT2D eigenvalue weighted by Gasteiger charge is 2.07. The van der Waals surface area contributed by atoms with Crippen LogP contribution in [0.2, 0.25) is 0 Å². The van der Waals surface area contributed by atoms with Gasteiger partial charge in [0.2, 0.25) is 5.13 Å². The van der Waals surface area contributed by atoms with Crippen LogP contribution in [0.1, 0.15) is 11.1 Å². The Morgan fingerprint density at radius 3 is 2.59 bits per heavy atom. The lowest BCUT2D eigenvalue weighted by Crippen LogP contribution is -1.89. The summed E-state index contributed by atoms with van der Waals surface area (Å²) in [6.45, 7) is 2.02. The lowest BCUT2D eigenvalue weighted by Gasteiger charge is -2.01. The van der Waals surface area contributed by atoms with E-state index in [1.165, 1.54) is 29.7 Å². The Labute approximate surface area is 130 Å². The van der Waals surface area contributed by atoms with E-state index < -0.39 is 17.2 Å². The number of nitrogens with one attached hydrogen (secondary N) is 1. The van der Waals surface area contributed by atoms with Gasteiger partial charge in [-0.15, -0.1) is 0 Å². The molecule has 22 heavy (non-hydrogen) atoms. The van der Waals surface area contributed by atoms with Crippen LogP contribution in [-0.4, -0.2) is 26.5 Å². The maximum atomic E-state index is 9.42. The fourth-order valence-corrected chi connectivity index (χ4v) is 2.88. The van der Waals surface area contributed by atoms with Gasteiger partial charge in [-0.25, -0.2) is 4.98 Å². The molecule has 0 saturated carbocycles. The predicted molar refractivity (Wildman–Crippen MR) is 87.0 cm³/mol. The van der Waals surface area contributed by atoms with Crippen LogP contribution in [0.4, 0.5) is 5.13 Å². The SMILES string of the molecule is Cc1cccc2nc(N/N=C\c3cc(O)c(O)c(O)c3)sc12. The summed E-state index contributed by atoms with van der Waals surface area (Å²) in [5.41, 5.74) is 5.31. The van der Waals surface area contributed by atoms with Crippen molar-refractivity contribution in [2.24, 2.45) is 5.10 Å². The Balaban J connectivity index is 1.80. The van der Waals surface area contributed by atoms with Gasteiger partial charge in [0, 0.05) is 5.56 Å². The van der Waals surface area contributed by atoms with E-state index in [4.69, 9.17) is 0 Å². The second-order valence-electron chi connectivity index (χ2n) is 4.72. The van der Waals surface area contributed by atoms with Crippen molar-refractivity contribution in [3.63, 3.8) is 0 Å². The highest BCUT2D eigenvalue weighted by Crippen LogP contribution is 2.34. The zero-order chi connectivity index (χ0) is 15.7. The molecule has 0 unspecified atom stereocenters. The van der Waals surface area contributed by atoms with Crippen LogP contribution >= 0.6 is 11.3 Å². The molecule has 1 heterocycles. The third-order valence-corrected chi connectivity index (χ3v) is 4.19. The maximum Gasteiger partial charge on any atom is 0.204 e. The summed E-state index contributed by atoms with van der Waals surface area (Å²) in [6.07, 6.45) is 1.41. The summed E-state index contributed by atoms with van der Waals surface area (Å²) in [6, 6.07) is 8.50. The van der Waals surface area contributed by atoms with E-state index in [-0.39, 0.29) is 0 Å². The van der Waals surface area contributed by atoms with Gasteiger partial charge in [0.15, 0.2) is 17.2 Å². The van der Waals surface area contributed by atoms with Crippen molar-refractivity contribution in [2.75, 3.05) is 5.43 Å². The normalized spacial score (nSPS) is 11.3. The molecule has 3 rings (SSSR count). The Kier molecular flexibility index (Phi) is 3.56. The third kappa shape index (κ3) is 2.66. The molecule has 0 aliphatic carbocycles. The summed E-state index contributed by atoms with van der Waals surface area (Å²) in [7, 11) is 0. The number of benzene rings is 2. The fraction of sp³-hybridized carbons (Fsp3) is 0.0667. The number of phenols is 3. The van der Waals surface area contributed by atoms with Gasteiger partial charge < -0.3 is 15.3 Å². The smallest absolute Gasteiger partial charge is 0.204 e. The van der Waals surface area contributed by atoms with Crippen molar-refractivity contribution in [2.45, 2.75) is 6.92 Å². The van der Waals surface area contributed by atoms with Crippen LogP contribution < -0.4 is 5.43 Å². The van der Waals surface area contributed by atoms with Crippen molar-refractivity contribution in [1.82, 2.24) is 4.98 Å². The summed E-state index contributed by atoms with van der Waals surface area (Å²) < 4.78 is 1.10. The number of aromatic nitrogens is 1. The molecule has 112 valence electrons. The van der Waals surface area contributed by atoms with E-state index in [9.17, 15) is 15.3 Å². The lowest BCUT2D eigenvalue weighted by atomic mass is 10.2. The molecule has 0 saturated heterocycles. The molecule has 6 nitrogen and oxygen atoms in total. The second kappa shape index (κ2) is 5.53. The van der Waals surface area contributed by atoms with Gasteiger partial charge in [0.1, 0.15) is 0 Å². The van der Waals surface area contributed by atoms with Crippen LogP contribution in [0, 0.1) is 6.92 Å². The van der Waals surface area contributed by atoms with E-state index in [1.807, 2.05) is 25.1 Å². The molecule has 7 heteroatoms. The molecule has 0 aliphatic rings. The van der Waals surface area contributed by atoms with E-state index in [1.54, 1.807) is 0 Å². The predicted octanol–water partition coefficient (Wildman–Crippen LogP) is 3.17. The van der Waals surface area contributed by atoms with Gasteiger partial charge in [-0.2, -0.15) is 5.10 Å². The van der Waals surface area contributed by atoms with E-state index in [2.05, 4.69) is 15.5 Å². The number of hydrogen-bond donors (Lipinski definition) is 4. The van der Waals surface area contributed by atoms with Crippen molar-refractivity contribution >= 4 is 32.9 Å². The number of aryl methyl sites for hydroxylation is 1. The van der Waals surface area contributed by atoms with Crippen molar-refractivity contribution < 1.29 is 15.3 Å². The number of aromatic hydroxyl groups is 3. The molecule has 0 atom stereocenters. The molecule has 1 aromatic heterocycles. The van der Waals surface area contributed by atoms with Gasteiger partial charge in [-0.05, 0) is 30.7 Å². The molecule has 0 radical (unpaired) electrons. The Morgan fingerprint density at radius 2 is 1.91 bits per heavy atom. The minimum Gasteiger partial charge on any atom is -0.504 e. The topological polar surface area (TPSA) is 98.0 Å². The third-order valence-electron chi connectivity index (χ3n) is 3.08. The highest BCUT2D eigenvalue weighted by atomic mass is 32.1. The van der Waals surface area contributed by atoms with Crippen LogP contribution in [0.3, 0.4) is 0 Å². The average Bonchev–Trinajstić information content (AvgIpc) is 2.89. The van der Waals surface area contributed by atoms with Gasteiger partial charge >= 0.3 is 0 Å². The Hall–Kier alpha value is -2.80. The second-order valence-corrected chi connectivity index (χ2v) is 5.72. The van der Waals surface area contributed by atoms with E-state index >= 15 is 0 Å². The van der Waals surface area contributed by atoms with Gasteiger partial charge in [0.05, 0.1) is 16.4 Å². The number of phenolic OH excluding ortho intramolecular Hbond substituents is 3. The van der Waals surface area contributed by atoms with E-state index in [0.29, 0.717) is 10.7 Å². The summed E-state index contributed by atoms with van der Waals surface area (Å²) >= 11 is 1.49. The van der Waals surface area contributed by atoms with E-state index in [0.717, 1.165) is 15.8 Å². The number of thiazole rings is 1. The first kappa shape index (κ1) is 14.2. The fourth-order valence-electron chi connectivity index (χ4n) is 2.00. The summed E-state index contributed by atoms with van der Waals surface area (Å²) in [5, 5.41) is 32.8. The molecule has 0 aliphatic heterocycles. The number of hydrazone groups is 1. The number of hydrogen-bond acceptors (Lipinski definition) is 7. The molecule has 0 spiro atoms. The van der Waals surface area contributed by atoms with Gasteiger partial charge in [-0.1, -0.05) is 23.5 Å². The van der Waals surface area contributed by atoms with Crippen molar-refractivity contribution in [3.05, 3.63) is 41.5 Å². The monoisotopic (exact) mass is 315 g/mol.